The van der Waals surface area contributed by atoms with Crippen molar-refractivity contribution in [3.05, 3.63) is 48.0 Å². The van der Waals surface area contributed by atoms with E-state index in [2.05, 4.69) is 0 Å². The molecule has 4 rings (SSSR count). The van der Waals surface area contributed by atoms with Gasteiger partial charge in [-0.05, 0) is 19.4 Å². The summed E-state index contributed by atoms with van der Waals surface area (Å²) < 4.78 is 20.6. The first-order chi connectivity index (χ1) is 14.7. The Labute approximate surface area is 178 Å². The van der Waals surface area contributed by atoms with Crippen LogP contribution in [0.25, 0.3) is 0 Å². The quantitative estimate of drug-likeness (QED) is 0.411. The molecule has 1 fully saturated rings. The number of rotatable bonds is 3. The fourth-order valence-electron chi connectivity index (χ4n) is 5.51. The van der Waals surface area contributed by atoms with Gasteiger partial charge in [-0.1, -0.05) is 23.8 Å². The number of esters is 3. The monoisotopic (exact) mass is 432 g/mol. The van der Waals surface area contributed by atoms with Gasteiger partial charge in [0.05, 0.1) is 32.2 Å². The summed E-state index contributed by atoms with van der Waals surface area (Å²) in [5.74, 6) is -3.76. The number of hydrogen-bond donors (Lipinski definition) is 2. The van der Waals surface area contributed by atoms with Gasteiger partial charge in [0.1, 0.15) is 17.6 Å². The van der Waals surface area contributed by atoms with Crippen LogP contribution < -0.4 is 0 Å². The van der Waals surface area contributed by atoms with Crippen LogP contribution in [0.15, 0.2) is 46.8 Å². The van der Waals surface area contributed by atoms with Crippen molar-refractivity contribution in [3.63, 3.8) is 0 Å². The number of hydrogen-bond acceptors (Lipinski definition) is 9. The largest absolute Gasteiger partial charge is 0.472 e. The van der Waals surface area contributed by atoms with E-state index in [4.69, 9.17) is 18.6 Å². The lowest BCUT2D eigenvalue weighted by atomic mass is 9.46. The molecule has 9 heteroatoms. The number of ether oxygens (including phenoxy) is 3. The van der Waals surface area contributed by atoms with Gasteiger partial charge in [0.2, 0.25) is 5.60 Å². The van der Waals surface area contributed by atoms with Crippen molar-refractivity contribution in [1.82, 2.24) is 0 Å². The Bertz CT molecular complexity index is 977. The van der Waals surface area contributed by atoms with Gasteiger partial charge in [0.15, 0.2) is 0 Å². The molecule has 0 saturated carbocycles. The smallest absolute Gasteiger partial charge is 0.342 e. The standard InChI is InChI=1S/C22H24O9/c1-12-6-8-21(18(25)28-2)15(4-5-16(23)22(21,27)19(26)29-3)20(12)10-14(31-17(20)24)13-7-9-30-11-13/h4-7,9,11,14-16,23,27H,8,10H2,1-3H3/t14-,15-,16-,20-,21-,22-/m1/s1. The highest BCUT2D eigenvalue weighted by Gasteiger charge is 2.76. The van der Waals surface area contributed by atoms with Gasteiger partial charge in [0, 0.05) is 17.9 Å². The summed E-state index contributed by atoms with van der Waals surface area (Å²) in [6.45, 7) is 1.75. The van der Waals surface area contributed by atoms with Crippen LogP contribution in [0.1, 0.15) is 31.4 Å². The molecule has 0 radical (unpaired) electrons. The average molecular weight is 432 g/mol. The van der Waals surface area contributed by atoms with Crippen LogP contribution in [-0.2, 0) is 28.6 Å². The van der Waals surface area contributed by atoms with Crippen molar-refractivity contribution < 1.29 is 43.2 Å². The Kier molecular flexibility index (Phi) is 4.86. The summed E-state index contributed by atoms with van der Waals surface area (Å²) in [6.07, 6.45) is 4.86. The molecule has 31 heavy (non-hydrogen) atoms. The van der Waals surface area contributed by atoms with E-state index in [1.807, 2.05) is 0 Å². The highest BCUT2D eigenvalue weighted by Crippen LogP contribution is 2.65. The van der Waals surface area contributed by atoms with Crippen molar-refractivity contribution in [2.45, 2.75) is 37.6 Å². The van der Waals surface area contributed by atoms with Crippen molar-refractivity contribution >= 4 is 17.9 Å². The number of aliphatic hydroxyl groups excluding tert-OH is 1. The first kappa shape index (κ1) is 21.3. The highest BCUT2D eigenvalue weighted by atomic mass is 16.6. The predicted octanol–water partition coefficient (Wildman–Crippen LogP) is 1.21. The third kappa shape index (κ3) is 2.47. The number of furan rings is 1. The van der Waals surface area contributed by atoms with Gasteiger partial charge in [-0.2, -0.15) is 0 Å². The lowest BCUT2D eigenvalue weighted by Crippen LogP contribution is -2.72. The third-order valence-corrected chi connectivity index (χ3v) is 7.17. The topological polar surface area (TPSA) is 132 Å². The van der Waals surface area contributed by atoms with Crippen molar-refractivity contribution in [3.8, 4) is 0 Å². The van der Waals surface area contributed by atoms with Crippen molar-refractivity contribution in [2.75, 3.05) is 14.2 Å². The van der Waals surface area contributed by atoms with Gasteiger partial charge in [-0.15, -0.1) is 0 Å². The fraction of sp³-hybridized carbons (Fsp3) is 0.500. The molecule has 0 bridgehead atoms. The van der Waals surface area contributed by atoms with Crippen LogP contribution in [0.2, 0.25) is 0 Å². The Balaban J connectivity index is 1.95. The maximum atomic E-state index is 13.4. The van der Waals surface area contributed by atoms with E-state index in [-0.39, 0.29) is 12.8 Å². The number of allylic oxidation sites excluding steroid dienone is 2. The molecule has 3 aliphatic rings. The molecule has 1 aromatic rings. The summed E-state index contributed by atoms with van der Waals surface area (Å²) in [4.78, 5) is 39.4. The number of fused-ring (bicyclic) bond motifs is 2. The summed E-state index contributed by atoms with van der Waals surface area (Å²) in [7, 11) is 2.17. The highest BCUT2D eigenvalue weighted by molar-refractivity contribution is 5.95. The first-order valence-electron chi connectivity index (χ1n) is 9.86. The number of aliphatic hydroxyl groups is 2. The van der Waals surface area contributed by atoms with Crippen LogP contribution in [0.4, 0.5) is 0 Å². The van der Waals surface area contributed by atoms with Gasteiger partial charge in [0.25, 0.3) is 0 Å². The zero-order valence-corrected chi connectivity index (χ0v) is 17.4. The molecule has 1 spiro atoms. The number of methoxy groups -OCH3 is 2. The molecule has 0 unspecified atom stereocenters. The molecule has 1 aromatic heterocycles. The van der Waals surface area contributed by atoms with Crippen LogP contribution in [0.5, 0.6) is 0 Å². The molecule has 1 saturated heterocycles. The van der Waals surface area contributed by atoms with E-state index >= 15 is 0 Å². The van der Waals surface area contributed by atoms with E-state index in [1.165, 1.54) is 24.7 Å². The van der Waals surface area contributed by atoms with Crippen LogP contribution in [0.3, 0.4) is 0 Å². The Morgan fingerprint density at radius 2 is 1.90 bits per heavy atom. The van der Waals surface area contributed by atoms with E-state index in [1.54, 1.807) is 19.1 Å². The van der Waals surface area contributed by atoms with Gasteiger partial charge in [-0.25, -0.2) is 4.79 Å². The molecule has 0 aromatic carbocycles. The molecular weight excluding hydrogens is 408 g/mol. The molecule has 2 heterocycles. The minimum atomic E-state index is -2.67. The second kappa shape index (κ2) is 7.06. The summed E-state index contributed by atoms with van der Waals surface area (Å²) in [6, 6.07) is 1.68. The number of cyclic esters (lactones) is 1. The summed E-state index contributed by atoms with van der Waals surface area (Å²) >= 11 is 0. The van der Waals surface area contributed by atoms with Crippen LogP contribution in [-0.4, -0.2) is 54.0 Å². The summed E-state index contributed by atoms with van der Waals surface area (Å²) in [5, 5.41) is 22.2. The molecule has 2 N–H and O–H groups in total. The van der Waals surface area contributed by atoms with E-state index < -0.39 is 52.5 Å². The Hall–Kier alpha value is -2.91. The maximum absolute atomic E-state index is 13.4. The van der Waals surface area contributed by atoms with E-state index in [9.17, 15) is 24.6 Å². The molecule has 1 aliphatic heterocycles. The second-order valence-corrected chi connectivity index (χ2v) is 8.25. The van der Waals surface area contributed by atoms with Crippen molar-refractivity contribution in [1.29, 1.82) is 0 Å². The lowest BCUT2D eigenvalue weighted by molar-refractivity contribution is -0.223. The number of carbonyl (C=O) groups is 3. The molecule has 2 aliphatic carbocycles. The zero-order valence-electron chi connectivity index (χ0n) is 17.4. The second-order valence-electron chi connectivity index (χ2n) is 8.25. The Morgan fingerprint density at radius 3 is 2.52 bits per heavy atom. The number of carbonyl (C=O) groups excluding carboxylic acids is 3. The molecule has 0 amide bonds. The minimum Gasteiger partial charge on any atom is -0.472 e. The van der Waals surface area contributed by atoms with Gasteiger partial charge >= 0.3 is 17.9 Å². The first-order valence-corrected chi connectivity index (χ1v) is 9.86. The average Bonchev–Trinajstić information content (AvgIpc) is 3.41. The minimum absolute atomic E-state index is 0.144. The normalized spacial score (nSPS) is 38.9. The SMILES string of the molecule is COC(=O)[C@@]12CC=C(C)[C@]3(C[C@H](c4ccoc4)OC3=O)[C@H]1C=C[C@@H](O)[C@@]2(O)C(=O)OC. The molecular formula is C22H24O9. The third-order valence-electron chi connectivity index (χ3n) is 7.17. The fourth-order valence-corrected chi connectivity index (χ4v) is 5.51. The van der Waals surface area contributed by atoms with Crippen LogP contribution >= 0.6 is 0 Å². The Morgan fingerprint density at radius 1 is 1.19 bits per heavy atom. The lowest BCUT2D eigenvalue weighted by Gasteiger charge is -2.56. The molecule has 6 atom stereocenters. The van der Waals surface area contributed by atoms with Gasteiger partial charge < -0.3 is 28.8 Å². The van der Waals surface area contributed by atoms with E-state index in [0.29, 0.717) is 11.1 Å². The van der Waals surface area contributed by atoms with Crippen LogP contribution in [0, 0.1) is 16.7 Å². The van der Waals surface area contributed by atoms with Gasteiger partial charge in [-0.3, -0.25) is 9.59 Å². The maximum Gasteiger partial charge on any atom is 0.342 e. The molecule has 166 valence electrons. The summed E-state index contributed by atoms with van der Waals surface area (Å²) in [5.41, 5.74) is -4.76. The van der Waals surface area contributed by atoms with E-state index in [0.717, 1.165) is 14.2 Å². The molecule has 9 nitrogen and oxygen atoms in total. The van der Waals surface area contributed by atoms with Crippen molar-refractivity contribution in [2.24, 2.45) is 16.7 Å². The zero-order chi connectivity index (χ0) is 22.6. The predicted molar refractivity (Wildman–Crippen MR) is 103 cm³/mol.